The summed E-state index contributed by atoms with van der Waals surface area (Å²) in [4.78, 5) is 12.0. The highest BCUT2D eigenvalue weighted by Crippen LogP contribution is 2.13. The summed E-state index contributed by atoms with van der Waals surface area (Å²) in [5.74, 6) is 1.62. The van der Waals surface area contributed by atoms with Crippen molar-refractivity contribution in [1.29, 1.82) is 0 Å². The number of unbranched alkanes of at least 4 members (excludes halogenated alkanes) is 1. The Balaban J connectivity index is 1.73. The Morgan fingerprint density at radius 2 is 1.96 bits per heavy atom. The van der Waals surface area contributed by atoms with E-state index in [-0.39, 0.29) is 5.91 Å². The molecule has 130 valence electrons. The third-order valence-electron chi connectivity index (χ3n) is 3.56. The van der Waals surface area contributed by atoms with Gasteiger partial charge in [-0.05, 0) is 42.7 Å². The second-order valence-electron chi connectivity index (χ2n) is 5.55. The molecular weight excluding hydrogens is 306 g/mol. The number of amides is 1. The second kappa shape index (κ2) is 9.78. The minimum atomic E-state index is -0.211. The second-order valence-corrected chi connectivity index (χ2v) is 5.55. The number of carbonyl (C=O) groups excluding carboxylic acids is 1. The summed E-state index contributed by atoms with van der Waals surface area (Å²) in [7, 11) is 1.59. The predicted molar refractivity (Wildman–Crippen MR) is 92.3 cm³/mol. The fourth-order valence-electron chi connectivity index (χ4n) is 2.21. The Hall–Kier alpha value is -2.27. The van der Waals surface area contributed by atoms with Crippen molar-refractivity contribution in [2.75, 3.05) is 20.3 Å². The Bertz CT molecular complexity index is 619. The molecule has 1 N–H and O–H groups in total. The molecule has 5 nitrogen and oxygen atoms in total. The number of nitrogens with one attached hydrogen (secondary N) is 1. The van der Waals surface area contributed by atoms with Crippen LogP contribution in [0.2, 0.25) is 0 Å². The fraction of sp³-hybridized carbons (Fsp3) is 0.421. The van der Waals surface area contributed by atoms with Crippen LogP contribution < -0.4 is 10.1 Å². The van der Waals surface area contributed by atoms with Crippen LogP contribution in [0.15, 0.2) is 40.8 Å². The molecule has 0 atom stereocenters. The molecule has 24 heavy (non-hydrogen) atoms. The quantitative estimate of drug-likeness (QED) is 0.676. The van der Waals surface area contributed by atoms with E-state index in [1.54, 1.807) is 19.2 Å². The molecule has 0 aliphatic carbocycles. The number of rotatable bonds is 10. The first kappa shape index (κ1) is 18.1. The van der Waals surface area contributed by atoms with Crippen LogP contribution >= 0.6 is 0 Å². The van der Waals surface area contributed by atoms with Crippen LogP contribution in [0, 0.1) is 0 Å². The van der Waals surface area contributed by atoms with E-state index in [1.165, 1.54) is 0 Å². The number of benzene rings is 1. The first-order valence-electron chi connectivity index (χ1n) is 8.30. The van der Waals surface area contributed by atoms with Crippen molar-refractivity contribution in [3.63, 3.8) is 0 Å². The maximum absolute atomic E-state index is 12.0. The van der Waals surface area contributed by atoms with E-state index in [9.17, 15) is 4.79 Å². The maximum atomic E-state index is 12.0. The highest BCUT2D eigenvalue weighted by atomic mass is 16.5. The first-order valence-corrected chi connectivity index (χ1v) is 8.30. The van der Waals surface area contributed by atoms with Crippen molar-refractivity contribution in [1.82, 2.24) is 5.32 Å². The Morgan fingerprint density at radius 3 is 2.67 bits per heavy atom. The molecule has 0 aliphatic rings. The molecule has 0 saturated heterocycles. The van der Waals surface area contributed by atoms with Gasteiger partial charge in [0.05, 0.1) is 6.61 Å². The van der Waals surface area contributed by atoms with Gasteiger partial charge in [0.1, 0.15) is 18.1 Å². The van der Waals surface area contributed by atoms with Crippen LogP contribution in [0.3, 0.4) is 0 Å². The average molecular weight is 331 g/mol. The number of hydrogen-bond acceptors (Lipinski definition) is 4. The Kier molecular flexibility index (Phi) is 7.36. The Morgan fingerprint density at radius 1 is 1.17 bits per heavy atom. The standard InChI is InChI=1S/C19H25NO4/c1-3-4-13-23-16-7-5-15(6-8-16)11-12-20-19(21)18-10-9-17(24-18)14-22-2/h5-10H,3-4,11-14H2,1-2H3,(H,20,21). The molecule has 0 fully saturated rings. The summed E-state index contributed by atoms with van der Waals surface area (Å²) in [6.07, 6.45) is 2.94. The number of ether oxygens (including phenoxy) is 2. The van der Waals surface area contributed by atoms with Crippen molar-refractivity contribution in [3.05, 3.63) is 53.5 Å². The van der Waals surface area contributed by atoms with Crippen LogP contribution in [0.5, 0.6) is 5.75 Å². The van der Waals surface area contributed by atoms with Crippen molar-refractivity contribution in [2.24, 2.45) is 0 Å². The van der Waals surface area contributed by atoms with Gasteiger partial charge in [-0.15, -0.1) is 0 Å². The van der Waals surface area contributed by atoms with Crippen molar-refractivity contribution < 1.29 is 18.7 Å². The molecule has 1 aromatic carbocycles. The van der Waals surface area contributed by atoms with E-state index >= 15 is 0 Å². The van der Waals surface area contributed by atoms with E-state index in [0.717, 1.165) is 37.2 Å². The van der Waals surface area contributed by atoms with Gasteiger partial charge in [-0.2, -0.15) is 0 Å². The first-order chi connectivity index (χ1) is 11.7. The molecule has 0 radical (unpaired) electrons. The molecule has 0 unspecified atom stereocenters. The van der Waals surface area contributed by atoms with Crippen LogP contribution in [0.4, 0.5) is 0 Å². The molecule has 0 saturated carbocycles. The third-order valence-corrected chi connectivity index (χ3v) is 3.56. The fourth-order valence-corrected chi connectivity index (χ4v) is 2.21. The average Bonchev–Trinajstić information content (AvgIpc) is 3.06. The minimum Gasteiger partial charge on any atom is -0.494 e. The number of hydrogen-bond donors (Lipinski definition) is 1. The lowest BCUT2D eigenvalue weighted by molar-refractivity contribution is 0.0917. The molecule has 0 aliphatic heterocycles. The summed E-state index contributed by atoms with van der Waals surface area (Å²) >= 11 is 0. The van der Waals surface area contributed by atoms with Gasteiger partial charge in [-0.1, -0.05) is 25.5 Å². The van der Waals surface area contributed by atoms with Crippen LogP contribution in [0.1, 0.15) is 41.6 Å². The molecule has 1 amide bonds. The normalized spacial score (nSPS) is 10.6. The zero-order chi connectivity index (χ0) is 17.2. The van der Waals surface area contributed by atoms with Gasteiger partial charge in [0.15, 0.2) is 5.76 Å². The zero-order valence-electron chi connectivity index (χ0n) is 14.3. The molecule has 5 heteroatoms. The topological polar surface area (TPSA) is 60.7 Å². The van der Waals surface area contributed by atoms with E-state index in [0.29, 0.717) is 24.7 Å². The molecule has 2 rings (SSSR count). The van der Waals surface area contributed by atoms with Crippen molar-refractivity contribution >= 4 is 5.91 Å². The van der Waals surface area contributed by atoms with Gasteiger partial charge in [-0.3, -0.25) is 4.79 Å². The number of carbonyl (C=O) groups is 1. The molecular formula is C19H25NO4. The van der Waals surface area contributed by atoms with E-state index in [4.69, 9.17) is 13.9 Å². The van der Waals surface area contributed by atoms with Gasteiger partial charge in [0.25, 0.3) is 5.91 Å². The third kappa shape index (κ3) is 5.74. The lowest BCUT2D eigenvalue weighted by atomic mass is 10.1. The van der Waals surface area contributed by atoms with E-state index in [2.05, 4.69) is 12.2 Å². The van der Waals surface area contributed by atoms with Gasteiger partial charge in [-0.25, -0.2) is 0 Å². The number of furan rings is 1. The molecule has 1 heterocycles. The monoisotopic (exact) mass is 331 g/mol. The highest BCUT2D eigenvalue weighted by molar-refractivity contribution is 5.91. The van der Waals surface area contributed by atoms with Gasteiger partial charge < -0.3 is 19.2 Å². The van der Waals surface area contributed by atoms with E-state index in [1.807, 2.05) is 24.3 Å². The summed E-state index contributed by atoms with van der Waals surface area (Å²) in [6, 6.07) is 11.4. The smallest absolute Gasteiger partial charge is 0.287 e. The molecule has 1 aromatic heterocycles. The van der Waals surface area contributed by atoms with Crippen LogP contribution in [-0.2, 0) is 17.8 Å². The van der Waals surface area contributed by atoms with Gasteiger partial charge in [0.2, 0.25) is 0 Å². The lowest BCUT2D eigenvalue weighted by Gasteiger charge is -2.07. The maximum Gasteiger partial charge on any atom is 0.287 e. The summed E-state index contributed by atoms with van der Waals surface area (Å²) in [5, 5.41) is 2.85. The zero-order valence-corrected chi connectivity index (χ0v) is 14.3. The van der Waals surface area contributed by atoms with Gasteiger partial charge in [0, 0.05) is 13.7 Å². The molecule has 0 spiro atoms. The minimum absolute atomic E-state index is 0.211. The van der Waals surface area contributed by atoms with Crippen molar-refractivity contribution in [2.45, 2.75) is 32.8 Å². The Labute approximate surface area is 143 Å². The van der Waals surface area contributed by atoms with Crippen LogP contribution in [-0.4, -0.2) is 26.2 Å². The molecule has 2 aromatic rings. The van der Waals surface area contributed by atoms with Crippen molar-refractivity contribution in [3.8, 4) is 5.75 Å². The highest BCUT2D eigenvalue weighted by Gasteiger charge is 2.10. The number of methoxy groups -OCH3 is 1. The summed E-state index contributed by atoms with van der Waals surface area (Å²) in [6.45, 7) is 3.80. The largest absolute Gasteiger partial charge is 0.494 e. The SMILES string of the molecule is CCCCOc1ccc(CCNC(=O)c2ccc(COC)o2)cc1. The predicted octanol–water partition coefficient (Wildman–Crippen LogP) is 3.58. The summed E-state index contributed by atoms with van der Waals surface area (Å²) < 4.78 is 16.0. The lowest BCUT2D eigenvalue weighted by Crippen LogP contribution is -2.25. The summed E-state index contributed by atoms with van der Waals surface area (Å²) in [5.41, 5.74) is 1.15. The van der Waals surface area contributed by atoms with Crippen LogP contribution in [0.25, 0.3) is 0 Å². The van der Waals surface area contributed by atoms with E-state index < -0.39 is 0 Å². The molecule has 0 bridgehead atoms. The van der Waals surface area contributed by atoms with Gasteiger partial charge >= 0.3 is 0 Å².